The van der Waals surface area contributed by atoms with E-state index in [4.69, 9.17) is 10.5 Å². The van der Waals surface area contributed by atoms with Crippen LogP contribution in [-0.4, -0.2) is 28.2 Å². The number of anilines is 1. The molecule has 0 spiro atoms. The first kappa shape index (κ1) is 14.0. The van der Waals surface area contributed by atoms with Crippen molar-refractivity contribution in [2.24, 2.45) is 0 Å². The van der Waals surface area contributed by atoms with Crippen molar-refractivity contribution >= 4 is 15.7 Å². The largest absolute Gasteiger partial charge is 0.399 e. The molecule has 3 N–H and O–H groups in total. The fraction of sp³-hybridized carbons (Fsp3) is 0.455. The van der Waals surface area contributed by atoms with Crippen molar-refractivity contribution in [3.8, 4) is 0 Å². The second kappa shape index (κ2) is 6.00. The first-order valence-electron chi connectivity index (χ1n) is 5.41. The molecule has 0 aliphatic heterocycles. The predicted molar refractivity (Wildman–Crippen MR) is 67.3 cm³/mol. The van der Waals surface area contributed by atoms with Crippen LogP contribution >= 0.6 is 0 Å². The lowest BCUT2D eigenvalue weighted by Crippen LogP contribution is -2.28. The molecular weight excluding hydrogens is 240 g/mol. The molecule has 1 aromatic rings. The smallest absolute Gasteiger partial charge is 0.240 e. The van der Waals surface area contributed by atoms with Gasteiger partial charge in [-0.1, -0.05) is 6.07 Å². The number of rotatable bonds is 6. The highest BCUT2D eigenvalue weighted by molar-refractivity contribution is 7.89. The summed E-state index contributed by atoms with van der Waals surface area (Å²) in [6.45, 7) is 4.77. The molecule has 0 aromatic heterocycles. The third kappa shape index (κ3) is 3.99. The number of hydrogen-bond donors (Lipinski definition) is 2. The Morgan fingerprint density at radius 1 is 1.41 bits per heavy atom. The molecule has 6 heteroatoms. The molecule has 0 aliphatic rings. The minimum Gasteiger partial charge on any atom is -0.399 e. The van der Waals surface area contributed by atoms with Crippen LogP contribution in [0.25, 0.3) is 0 Å². The summed E-state index contributed by atoms with van der Waals surface area (Å²) in [5.41, 5.74) is 6.68. The van der Waals surface area contributed by atoms with Gasteiger partial charge in [-0.25, -0.2) is 13.1 Å². The summed E-state index contributed by atoms with van der Waals surface area (Å²) < 4.78 is 31.4. The lowest BCUT2D eigenvalue weighted by Gasteiger charge is -2.09. The first-order chi connectivity index (χ1) is 7.97. The minimum absolute atomic E-state index is 0.217. The van der Waals surface area contributed by atoms with Crippen LogP contribution in [0.1, 0.15) is 12.5 Å². The molecule has 0 amide bonds. The van der Waals surface area contributed by atoms with E-state index in [-0.39, 0.29) is 11.4 Å². The Morgan fingerprint density at radius 2 is 2.12 bits per heavy atom. The van der Waals surface area contributed by atoms with Gasteiger partial charge in [0.1, 0.15) is 0 Å². The van der Waals surface area contributed by atoms with Gasteiger partial charge in [0.15, 0.2) is 0 Å². The molecule has 96 valence electrons. The number of nitrogen functional groups attached to an aromatic ring is 1. The van der Waals surface area contributed by atoms with E-state index in [2.05, 4.69) is 4.72 Å². The van der Waals surface area contributed by atoms with Crippen molar-refractivity contribution in [1.82, 2.24) is 4.72 Å². The van der Waals surface area contributed by atoms with Crippen LogP contribution in [0, 0.1) is 6.92 Å². The minimum atomic E-state index is -3.50. The van der Waals surface area contributed by atoms with Crippen molar-refractivity contribution in [2.75, 3.05) is 25.5 Å². The van der Waals surface area contributed by atoms with E-state index in [0.717, 1.165) is 0 Å². The highest BCUT2D eigenvalue weighted by Crippen LogP contribution is 2.17. The summed E-state index contributed by atoms with van der Waals surface area (Å²) in [5, 5.41) is 0. The monoisotopic (exact) mass is 258 g/mol. The third-order valence-corrected chi connectivity index (χ3v) is 3.85. The molecule has 0 saturated carbocycles. The van der Waals surface area contributed by atoms with Crippen molar-refractivity contribution in [2.45, 2.75) is 18.7 Å². The van der Waals surface area contributed by atoms with Crippen LogP contribution in [-0.2, 0) is 14.8 Å². The van der Waals surface area contributed by atoms with Gasteiger partial charge < -0.3 is 10.5 Å². The maximum atomic E-state index is 11.9. The normalized spacial score (nSPS) is 11.6. The Kier molecular flexibility index (Phi) is 4.92. The lowest BCUT2D eigenvalue weighted by atomic mass is 10.2. The van der Waals surface area contributed by atoms with Crippen LogP contribution in [0.2, 0.25) is 0 Å². The van der Waals surface area contributed by atoms with Gasteiger partial charge in [-0.3, -0.25) is 0 Å². The van der Waals surface area contributed by atoms with Gasteiger partial charge in [-0.15, -0.1) is 0 Å². The molecule has 0 aliphatic carbocycles. The van der Waals surface area contributed by atoms with E-state index in [0.29, 0.717) is 24.5 Å². The Morgan fingerprint density at radius 3 is 2.76 bits per heavy atom. The third-order valence-electron chi connectivity index (χ3n) is 2.24. The van der Waals surface area contributed by atoms with Gasteiger partial charge in [0.2, 0.25) is 10.0 Å². The van der Waals surface area contributed by atoms with E-state index in [9.17, 15) is 8.42 Å². The molecule has 0 saturated heterocycles. The maximum absolute atomic E-state index is 11.9. The van der Waals surface area contributed by atoms with E-state index in [1.165, 1.54) is 6.07 Å². The van der Waals surface area contributed by atoms with E-state index >= 15 is 0 Å². The Labute approximate surface area is 102 Å². The molecule has 1 aromatic carbocycles. The lowest BCUT2D eigenvalue weighted by molar-refractivity contribution is 0.153. The molecule has 0 bridgehead atoms. The Balaban J connectivity index is 2.79. The number of ether oxygens (including phenoxy) is 1. The van der Waals surface area contributed by atoms with Crippen LogP contribution in [0.3, 0.4) is 0 Å². The molecule has 0 atom stereocenters. The summed E-state index contributed by atoms with van der Waals surface area (Å²) in [6.07, 6.45) is 0. The Hall–Kier alpha value is -1.11. The van der Waals surface area contributed by atoms with Crippen molar-refractivity contribution in [3.05, 3.63) is 23.8 Å². The average Bonchev–Trinajstić information content (AvgIpc) is 2.28. The Bertz CT molecular complexity index is 472. The fourth-order valence-corrected chi connectivity index (χ4v) is 2.67. The molecule has 5 nitrogen and oxygen atoms in total. The van der Waals surface area contributed by atoms with Gasteiger partial charge in [-0.2, -0.15) is 0 Å². The number of nitrogens with two attached hydrogens (primary N) is 1. The van der Waals surface area contributed by atoms with E-state index in [1.807, 2.05) is 6.92 Å². The van der Waals surface area contributed by atoms with Crippen molar-refractivity contribution in [1.29, 1.82) is 0 Å². The van der Waals surface area contributed by atoms with Crippen LogP contribution < -0.4 is 10.5 Å². The predicted octanol–water partition coefficient (Wildman–Crippen LogP) is 0.892. The van der Waals surface area contributed by atoms with Gasteiger partial charge in [0.25, 0.3) is 0 Å². The van der Waals surface area contributed by atoms with Gasteiger partial charge in [0.05, 0.1) is 11.5 Å². The summed E-state index contributed by atoms with van der Waals surface area (Å²) >= 11 is 0. The quantitative estimate of drug-likeness (QED) is 0.586. The average molecular weight is 258 g/mol. The van der Waals surface area contributed by atoms with Gasteiger partial charge >= 0.3 is 0 Å². The topological polar surface area (TPSA) is 81.4 Å². The zero-order valence-corrected chi connectivity index (χ0v) is 10.9. The highest BCUT2D eigenvalue weighted by atomic mass is 32.2. The zero-order chi connectivity index (χ0) is 12.9. The SMILES string of the molecule is CCOCCNS(=O)(=O)c1cc(N)ccc1C. The number of aryl methyl sites for hydroxylation is 1. The molecule has 0 fully saturated rings. The highest BCUT2D eigenvalue weighted by Gasteiger charge is 2.16. The molecular formula is C11H18N2O3S. The van der Waals surface area contributed by atoms with Crippen LogP contribution in [0.5, 0.6) is 0 Å². The molecule has 1 rings (SSSR count). The summed E-state index contributed by atoms with van der Waals surface area (Å²) in [5.74, 6) is 0. The number of hydrogen-bond acceptors (Lipinski definition) is 4. The molecule has 17 heavy (non-hydrogen) atoms. The molecule has 0 unspecified atom stereocenters. The van der Waals surface area contributed by atoms with Crippen LogP contribution in [0.4, 0.5) is 5.69 Å². The second-order valence-corrected chi connectivity index (χ2v) is 5.36. The number of benzene rings is 1. The molecule has 0 radical (unpaired) electrons. The van der Waals surface area contributed by atoms with Gasteiger partial charge in [-0.05, 0) is 31.5 Å². The van der Waals surface area contributed by atoms with Gasteiger partial charge in [0, 0.05) is 18.8 Å². The number of sulfonamides is 1. The van der Waals surface area contributed by atoms with E-state index < -0.39 is 10.0 Å². The standard InChI is InChI=1S/C11H18N2O3S/c1-3-16-7-6-13-17(14,15)11-8-10(12)5-4-9(11)2/h4-5,8,13H,3,6-7,12H2,1-2H3. The maximum Gasteiger partial charge on any atom is 0.240 e. The van der Waals surface area contributed by atoms with Crippen LogP contribution in [0.15, 0.2) is 23.1 Å². The molecule has 0 heterocycles. The fourth-order valence-electron chi connectivity index (χ4n) is 1.38. The van der Waals surface area contributed by atoms with Crippen molar-refractivity contribution < 1.29 is 13.2 Å². The first-order valence-corrected chi connectivity index (χ1v) is 6.89. The zero-order valence-electron chi connectivity index (χ0n) is 10.1. The van der Waals surface area contributed by atoms with E-state index in [1.54, 1.807) is 19.1 Å². The second-order valence-electron chi connectivity index (χ2n) is 3.62. The summed E-state index contributed by atoms with van der Waals surface area (Å²) in [7, 11) is -3.50. The van der Waals surface area contributed by atoms with Crippen molar-refractivity contribution in [3.63, 3.8) is 0 Å². The summed E-state index contributed by atoms with van der Waals surface area (Å²) in [6, 6.07) is 4.82. The summed E-state index contributed by atoms with van der Waals surface area (Å²) in [4.78, 5) is 0.217. The number of nitrogens with one attached hydrogen (secondary N) is 1.